The maximum atomic E-state index is 12.5. The first-order valence-corrected chi connectivity index (χ1v) is 8.44. The highest BCUT2D eigenvalue weighted by Crippen LogP contribution is 2.25. The minimum atomic E-state index is -0.329. The predicted octanol–water partition coefficient (Wildman–Crippen LogP) is 5.63. The van der Waals surface area contributed by atoms with Crippen molar-refractivity contribution in [2.75, 3.05) is 12.4 Å². The molecule has 0 saturated heterocycles. The van der Waals surface area contributed by atoms with E-state index < -0.39 is 0 Å². The Labute approximate surface area is 160 Å². The SMILES string of the molecule is COc1ccc(N=Cc2cccn2C(=O)Nc2ccc(Cl)c(Cl)c2)cc1. The third-order valence-corrected chi connectivity index (χ3v) is 4.33. The highest BCUT2D eigenvalue weighted by molar-refractivity contribution is 6.42. The summed E-state index contributed by atoms with van der Waals surface area (Å²) in [6.45, 7) is 0. The summed E-state index contributed by atoms with van der Waals surface area (Å²) in [5, 5.41) is 3.57. The predicted molar refractivity (Wildman–Crippen MR) is 106 cm³/mol. The van der Waals surface area contributed by atoms with E-state index in [1.54, 1.807) is 49.9 Å². The largest absolute Gasteiger partial charge is 0.497 e. The normalized spacial score (nSPS) is 10.9. The van der Waals surface area contributed by atoms with Crippen LogP contribution in [0.15, 0.2) is 65.8 Å². The number of halogens is 2. The van der Waals surface area contributed by atoms with Crippen molar-refractivity contribution in [3.05, 3.63) is 76.5 Å². The summed E-state index contributed by atoms with van der Waals surface area (Å²) in [7, 11) is 1.61. The summed E-state index contributed by atoms with van der Waals surface area (Å²) in [5.74, 6) is 0.758. The molecule has 7 heteroatoms. The van der Waals surface area contributed by atoms with E-state index in [4.69, 9.17) is 27.9 Å². The number of nitrogens with zero attached hydrogens (tertiary/aromatic N) is 2. The summed E-state index contributed by atoms with van der Waals surface area (Å²) in [4.78, 5) is 16.9. The van der Waals surface area contributed by atoms with Crippen molar-refractivity contribution in [3.8, 4) is 5.75 Å². The molecule has 0 unspecified atom stereocenters. The Morgan fingerprint density at radius 1 is 1.12 bits per heavy atom. The van der Waals surface area contributed by atoms with Gasteiger partial charge in [-0.25, -0.2) is 4.79 Å². The van der Waals surface area contributed by atoms with Gasteiger partial charge in [0.25, 0.3) is 0 Å². The number of hydrogen-bond donors (Lipinski definition) is 1. The molecule has 5 nitrogen and oxygen atoms in total. The van der Waals surface area contributed by atoms with Gasteiger partial charge in [-0.2, -0.15) is 0 Å². The molecule has 0 fully saturated rings. The molecule has 0 saturated carbocycles. The van der Waals surface area contributed by atoms with Crippen LogP contribution in [0, 0.1) is 0 Å². The van der Waals surface area contributed by atoms with Crippen LogP contribution in [0.5, 0.6) is 5.75 Å². The first-order valence-electron chi connectivity index (χ1n) is 7.69. The number of anilines is 1. The Hall–Kier alpha value is -2.76. The molecule has 1 heterocycles. The number of methoxy groups -OCH3 is 1. The molecule has 26 heavy (non-hydrogen) atoms. The van der Waals surface area contributed by atoms with Gasteiger partial charge in [0.05, 0.1) is 34.8 Å². The van der Waals surface area contributed by atoms with E-state index in [0.717, 1.165) is 11.4 Å². The van der Waals surface area contributed by atoms with E-state index in [2.05, 4.69) is 10.3 Å². The van der Waals surface area contributed by atoms with Crippen LogP contribution < -0.4 is 10.1 Å². The van der Waals surface area contributed by atoms with Gasteiger partial charge in [-0.15, -0.1) is 0 Å². The molecule has 0 aliphatic carbocycles. The topological polar surface area (TPSA) is 55.6 Å². The zero-order valence-corrected chi connectivity index (χ0v) is 15.3. The zero-order chi connectivity index (χ0) is 18.5. The second-order valence-electron chi connectivity index (χ2n) is 5.32. The molecule has 132 valence electrons. The quantitative estimate of drug-likeness (QED) is 0.589. The first kappa shape index (κ1) is 18.0. The van der Waals surface area contributed by atoms with Crippen LogP contribution in [0.2, 0.25) is 10.0 Å². The van der Waals surface area contributed by atoms with Crippen molar-refractivity contribution in [2.24, 2.45) is 4.99 Å². The van der Waals surface area contributed by atoms with Gasteiger partial charge in [0.2, 0.25) is 0 Å². The second-order valence-corrected chi connectivity index (χ2v) is 6.13. The van der Waals surface area contributed by atoms with Crippen molar-refractivity contribution < 1.29 is 9.53 Å². The highest BCUT2D eigenvalue weighted by Gasteiger charge is 2.09. The third-order valence-electron chi connectivity index (χ3n) is 3.59. The Balaban J connectivity index is 1.75. The van der Waals surface area contributed by atoms with Gasteiger partial charge in [0.15, 0.2) is 0 Å². The molecule has 0 bridgehead atoms. The van der Waals surface area contributed by atoms with E-state index in [0.29, 0.717) is 21.4 Å². The molecular formula is C19H15Cl2N3O2. The van der Waals surface area contributed by atoms with Gasteiger partial charge in [0.1, 0.15) is 5.75 Å². The third kappa shape index (κ3) is 4.25. The number of nitrogens with one attached hydrogen (secondary N) is 1. The van der Waals surface area contributed by atoms with Gasteiger partial charge in [-0.3, -0.25) is 9.56 Å². The second kappa shape index (κ2) is 8.08. The molecule has 0 radical (unpaired) electrons. The van der Waals surface area contributed by atoms with E-state index in [1.165, 1.54) is 4.57 Å². The lowest BCUT2D eigenvalue weighted by molar-refractivity contribution is 0.253. The summed E-state index contributed by atoms with van der Waals surface area (Å²) < 4.78 is 6.57. The van der Waals surface area contributed by atoms with Gasteiger partial charge >= 0.3 is 6.03 Å². The molecule has 0 aliphatic rings. The standard InChI is InChI=1S/C19H15Cl2N3O2/c1-26-16-7-4-13(5-8-16)22-12-15-3-2-10-24(15)19(25)23-14-6-9-17(20)18(21)11-14/h2-12H,1H3,(H,23,25). The van der Waals surface area contributed by atoms with Gasteiger partial charge in [-0.05, 0) is 54.6 Å². The van der Waals surface area contributed by atoms with Crippen molar-refractivity contribution in [2.45, 2.75) is 0 Å². The van der Waals surface area contributed by atoms with Gasteiger partial charge < -0.3 is 10.1 Å². The van der Waals surface area contributed by atoms with Crippen LogP contribution in [0.4, 0.5) is 16.2 Å². The molecule has 2 aromatic carbocycles. The number of carbonyl (C=O) groups is 1. The van der Waals surface area contributed by atoms with Crippen molar-refractivity contribution >= 4 is 46.8 Å². The highest BCUT2D eigenvalue weighted by atomic mass is 35.5. The molecule has 0 spiro atoms. The molecule has 3 aromatic rings. The van der Waals surface area contributed by atoms with E-state index in [1.807, 2.05) is 24.3 Å². The van der Waals surface area contributed by atoms with Crippen LogP contribution in [0.25, 0.3) is 0 Å². The number of aliphatic imine (C=N–C) groups is 1. The Kier molecular flexibility index (Phi) is 5.61. The number of aromatic nitrogens is 1. The van der Waals surface area contributed by atoms with Crippen molar-refractivity contribution in [3.63, 3.8) is 0 Å². The monoisotopic (exact) mass is 387 g/mol. The number of benzene rings is 2. The first-order chi connectivity index (χ1) is 12.6. The number of carbonyl (C=O) groups excluding carboxylic acids is 1. The fraction of sp³-hybridized carbons (Fsp3) is 0.0526. The summed E-state index contributed by atoms with van der Waals surface area (Å²) in [5.41, 5.74) is 1.94. The summed E-state index contributed by atoms with van der Waals surface area (Å²) >= 11 is 11.9. The fourth-order valence-electron chi connectivity index (χ4n) is 2.25. The smallest absolute Gasteiger partial charge is 0.330 e. The molecular weight excluding hydrogens is 373 g/mol. The van der Waals surface area contributed by atoms with Gasteiger partial charge in [-0.1, -0.05) is 23.2 Å². The Morgan fingerprint density at radius 2 is 1.88 bits per heavy atom. The molecule has 1 aromatic heterocycles. The van der Waals surface area contributed by atoms with Crippen LogP contribution >= 0.6 is 23.2 Å². The van der Waals surface area contributed by atoms with Crippen LogP contribution in [0.3, 0.4) is 0 Å². The summed E-state index contributed by atoms with van der Waals surface area (Å²) in [6.07, 6.45) is 3.28. The van der Waals surface area contributed by atoms with E-state index >= 15 is 0 Å². The zero-order valence-electron chi connectivity index (χ0n) is 13.8. The average Bonchev–Trinajstić information content (AvgIpc) is 3.12. The molecule has 3 rings (SSSR count). The van der Waals surface area contributed by atoms with Crippen LogP contribution in [-0.2, 0) is 0 Å². The molecule has 1 N–H and O–H groups in total. The van der Waals surface area contributed by atoms with Crippen molar-refractivity contribution in [1.29, 1.82) is 0 Å². The number of ether oxygens (including phenoxy) is 1. The van der Waals surface area contributed by atoms with Crippen molar-refractivity contribution in [1.82, 2.24) is 4.57 Å². The maximum absolute atomic E-state index is 12.5. The number of amides is 1. The number of hydrogen-bond acceptors (Lipinski definition) is 3. The minimum absolute atomic E-state index is 0.329. The van der Waals surface area contributed by atoms with Gasteiger partial charge in [0, 0.05) is 11.9 Å². The van der Waals surface area contributed by atoms with E-state index in [9.17, 15) is 4.79 Å². The minimum Gasteiger partial charge on any atom is -0.497 e. The Bertz CT molecular complexity index is 950. The van der Waals surface area contributed by atoms with Crippen LogP contribution in [-0.4, -0.2) is 23.9 Å². The number of rotatable bonds is 4. The maximum Gasteiger partial charge on any atom is 0.330 e. The lowest BCUT2D eigenvalue weighted by atomic mass is 10.3. The molecule has 0 atom stereocenters. The average molecular weight is 388 g/mol. The fourth-order valence-corrected chi connectivity index (χ4v) is 2.55. The lowest BCUT2D eigenvalue weighted by Gasteiger charge is -2.08. The lowest BCUT2D eigenvalue weighted by Crippen LogP contribution is -2.20. The molecule has 0 aliphatic heterocycles. The molecule has 1 amide bonds. The summed E-state index contributed by atoms with van der Waals surface area (Å²) in [6, 6.07) is 15.4. The van der Waals surface area contributed by atoms with Crippen LogP contribution in [0.1, 0.15) is 5.69 Å². The Morgan fingerprint density at radius 3 is 2.58 bits per heavy atom. The van der Waals surface area contributed by atoms with E-state index in [-0.39, 0.29) is 6.03 Å².